The monoisotopic (exact) mass is 335 g/mol. The Hall–Kier alpha value is -2.73. The zero-order valence-corrected chi connectivity index (χ0v) is 13.2. The highest BCUT2D eigenvalue weighted by Crippen LogP contribution is 2.35. The summed E-state index contributed by atoms with van der Waals surface area (Å²) >= 11 is 5.96. The SMILES string of the molecule is COC(=O)C1=C(C(=O)OC)N(c2cc(Cl)ccc2O)C=CC=C1. The van der Waals surface area contributed by atoms with Gasteiger partial charge in [0.1, 0.15) is 11.4 Å². The molecule has 0 saturated heterocycles. The number of allylic oxidation sites excluding steroid dienone is 2. The van der Waals surface area contributed by atoms with Crippen molar-refractivity contribution in [2.45, 2.75) is 0 Å². The first-order chi connectivity index (χ1) is 11.0. The normalized spacial score (nSPS) is 13.8. The van der Waals surface area contributed by atoms with Crippen molar-refractivity contribution in [2.75, 3.05) is 19.1 Å². The maximum absolute atomic E-state index is 12.2. The van der Waals surface area contributed by atoms with Gasteiger partial charge in [-0.1, -0.05) is 17.7 Å². The summed E-state index contributed by atoms with van der Waals surface area (Å²) in [4.78, 5) is 25.5. The lowest BCUT2D eigenvalue weighted by Gasteiger charge is -2.23. The van der Waals surface area contributed by atoms with Gasteiger partial charge in [0.2, 0.25) is 0 Å². The Balaban J connectivity index is 2.71. The van der Waals surface area contributed by atoms with Crippen molar-refractivity contribution in [1.29, 1.82) is 0 Å². The van der Waals surface area contributed by atoms with E-state index in [2.05, 4.69) is 0 Å². The number of carbonyl (C=O) groups excluding carboxylic acids is 2. The molecule has 1 aromatic carbocycles. The highest BCUT2D eigenvalue weighted by atomic mass is 35.5. The van der Waals surface area contributed by atoms with Crippen LogP contribution in [0.3, 0.4) is 0 Å². The first-order valence-corrected chi connectivity index (χ1v) is 6.91. The Labute approximate surface area is 137 Å². The number of ether oxygens (including phenoxy) is 2. The van der Waals surface area contributed by atoms with Crippen LogP contribution in [0.25, 0.3) is 0 Å². The van der Waals surface area contributed by atoms with Gasteiger partial charge in [0.25, 0.3) is 0 Å². The summed E-state index contributed by atoms with van der Waals surface area (Å²) in [6.45, 7) is 0. The van der Waals surface area contributed by atoms with E-state index in [1.807, 2.05) is 0 Å². The molecule has 120 valence electrons. The molecule has 23 heavy (non-hydrogen) atoms. The summed E-state index contributed by atoms with van der Waals surface area (Å²) in [5, 5.41) is 10.4. The van der Waals surface area contributed by atoms with E-state index in [0.29, 0.717) is 5.02 Å². The van der Waals surface area contributed by atoms with Gasteiger partial charge in [0, 0.05) is 11.2 Å². The number of hydrogen-bond acceptors (Lipinski definition) is 6. The van der Waals surface area contributed by atoms with Crippen molar-refractivity contribution >= 4 is 29.2 Å². The maximum atomic E-state index is 12.2. The van der Waals surface area contributed by atoms with Crippen LogP contribution in [0.2, 0.25) is 5.02 Å². The standard InChI is InChI=1S/C16H14ClNO5/c1-22-15(20)11-5-3-4-8-18(14(11)16(21)23-2)12-9-10(17)6-7-13(12)19/h3-9,19H,1-2H3. The number of halogens is 1. The molecule has 2 rings (SSSR count). The number of esters is 2. The Bertz CT molecular complexity index is 736. The molecule has 0 fully saturated rings. The van der Waals surface area contributed by atoms with Gasteiger partial charge in [-0.3, -0.25) is 0 Å². The number of methoxy groups -OCH3 is 2. The molecule has 6 nitrogen and oxygen atoms in total. The Kier molecular flexibility index (Phi) is 5.08. The van der Waals surface area contributed by atoms with Crippen molar-refractivity contribution in [3.63, 3.8) is 0 Å². The summed E-state index contributed by atoms with van der Waals surface area (Å²) in [6, 6.07) is 4.35. The van der Waals surface area contributed by atoms with Gasteiger partial charge in [0.15, 0.2) is 0 Å². The third-order valence-electron chi connectivity index (χ3n) is 3.09. The minimum atomic E-state index is -0.763. The second-order valence-electron chi connectivity index (χ2n) is 4.45. The Morgan fingerprint density at radius 2 is 1.83 bits per heavy atom. The van der Waals surface area contributed by atoms with Gasteiger partial charge in [-0.05, 0) is 30.4 Å². The minimum absolute atomic E-state index is 0.0104. The summed E-state index contributed by atoms with van der Waals surface area (Å²) in [5.74, 6) is -1.59. The number of phenols is 1. The van der Waals surface area contributed by atoms with Crippen LogP contribution in [0.5, 0.6) is 5.75 Å². The molecule has 0 saturated carbocycles. The molecule has 1 aliphatic heterocycles. The molecule has 0 atom stereocenters. The number of benzene rings is 1. The molecule has 1 aliphatic rings. The number of rotatable bonds is 3. The summed E-state index contributed by atoms with van der Waals surface area (Å²) in [5.41, 5.74) is 0.116. The fourth-order valence-electron chi connectivity index (χ4n) is 2.04. The van der Waals surface area contributed by atoms with E-state index >= 15 is 0 Å². The molecule has 0 aliphatic carbocycles. The van der Waals surface area contributed by atoms with E-state index in [4.69, 9.17) is 21.1 Å². The van der Waals surface area contributed by atoms with Crippen molar-refractivity contribution in [1.82, 2.24) is 0 Å². The lowest BCUT2D eigenvalue weighted by Crippen LogP contribution is -2.27. The largest absolute Gasteiger partial charge is 0.506 e. The van der Waals surface area contributed by atoms with Crippen molar-refractivity contribution in [3.8, 4) is 5.75 Å². The maximum Gasteiger partial charge on any atom is 0.355 e. The Morgan fingerprint density at radius 1 is 1.13 bits per heavy atom. The fraction of sp³-hybridized carbons (Fsp3) is 0.125. The molecule has 1 aromatic rings. The van der Waals surface area contributed by atoms with Gasteiger partial charge < -0.3 is 19.5 Å². The number of nitrogens with zero attached hydrogens (tertiary/aromatic N) is 1. The average molecular weight is 336 g/mol. The summed E-state index contributed by atoms with van der Waals surface area (Å²) in [6.07, 6.45) is 6.09. The van der Waals surface area contributed by atoms with Crippen LogP contribution in [0.15, 0.2) is 53.9 Å². The second kappa shape index (κ2) is 7.02. The molecule has 0 radical (unpaired) electrons. The predicted molar refractivity (Wildman–Crippen MR) is 84.9 cm³/mol. The lowest BCUT2D eigenvalue weighted by molar-refractivity contribution is -0.139. The van der Waals surface area contributed by atoms with E-state index in [0.717, 1.165) is 0 Å². The van der Waals surface area contributed by atoms with Gasteiger partial charge in [-0.25, -0.2) is 9.59 Å². The summed E-state index contributed by atoms with van der Waals surface area (Å²) in [7, 11) is 2.40. The quantitative estimate of drug-likeness (QED) is 0.855. The smallest absolute Gasteiger partial charge is 0.355 e. The number of anilines is 1. The van der Waals surface area contributed by atoms with Crippen LogP contribution in [-0.4, -0.2) is 31.3 Å². The fourth-order valence-corrected chi connectivity index (χ4v) is 2.21. The second-order valence-corrected chi connectivity index (χ2v) is 4.89. The zero-order valence-electron chi connectivity index (χ0n) is 12.4. The molecule has 0 bridgehead atoms. The third kappa shape index (κ3) is 3.37. The van der Waals surface area contributed by atoms with Crippen LogP contribution in [0.4, 0.5) is 5.69 Å². The molecule has 1 heterocycles. The topological polar surface area (TPSA) is 76.1 Å². The Morgan fingerprint density at radius 3 is 2.48 bits per heavy atom. The number of hydrogen-bond donors (Lipinski definition) is 1. The first kappa shape index (κ1) is 16.6. The molecule has 1 N–H and O–H groups in total. The van der Waals surface area contributed by atoms with E-state index < -0.39 is 11.9 Å². The first-order valence-electron chi connectivity index (χ1n) is 6.53. The van der Waals surface area contributed by atoms with Gasteiger partial charge in [-0.2, -0.15) is 0 Å². The zero-order chi connectivity index (χ0) is 17.0. The average Bonchev–Trinajstić information content (AvgIpc) is 2.78. The summed E-state index contributed by atoms with van der Waals surface area (Å²) < 4.78 is 9.47. The molecule has 0 amide bonds. The van der Waals surface area contributed by atoms with E-state index in [-0.39, 0.29) is 22.7 Å². The van der Waals surface area contributed by atoms with Gasteiger partial charge in [0.05, 0.1) is 25.5 Å². The van der Waals surface area contributed by atoms with E-state index in [1.165, 1.54) is 49.6 Å². The van der Waals surface area contributed by atoms with E-state index in [9.17, 15) is 14.7 Å². The highest BCUT2D eigenvalue weighted by molar-refractivity contribution is 6.31. The van der Waals surface area contributed by atoms with Crippen molar-refractivity contribution in [2.24, 2.45) is 0 Å². The number of aromatic hydroxyl groups is 1. The van der Waals surface area contributed by atoms with Crippen LogP contribution in [-0.2, 0) is 19.1 Å². The number of phenolic OH excluding ortho intramolecular Hbond substituents is 1. The molecular weight excluding hydrogens is 322 g/mol. The third-order valence-corrected chi connectivity index (χ3v) is 3.32. The molecule has 7 heteroatoms. The predicted octanol–water partition coefficient (Wildman–Crippen LogP) is 2.54. The van der Waals surface area contributed by atoms with Crippen molar-refractivity contribution < 1.29 is 24.2 Å². The minimum Gasteiger partial charge on any atom is -0.506 e. The number of carbonyl (C=O) groups is 2. The molecule has 0 aromatic heterocycles. The van der Waals surface area contributed by atoms with Crippen LogP contribution in [0, 0.1) is 0 Å². The van der Waals surface area contributed by atoms with E-state index in [1.54, 1.807) is 12.2 Å². The van der Waals surface area contributed by atoms with Gasteiger partial charge >= 0.3 is 11.9 Å². The highest BCUT2D eigenvalue weighted by Gasteiger charge is 2.28. The van der Waals surface area contributed by atoms with Crippen LogP contribution < -0.4 is 4.90 Å². The molecule has 0 unspecified atom stereocenters. The lowest BCUT2D eigenvalue weighted by atomic mass is 10.1. The molecular formula is C16H14ClNO5. The van der Waals surface area contributed by atoms with Crippen LogP contribution in [0.1, 0.15) is 0 Å². The van der Waals surface area contributed by atoms with Crippen LogP contribution >= 0.6 is 11.6 Å². The van der Waals surface area contributed by atoms with Gasteiger partial charge in [-0.15, -0.1) is 0 Å². The van der Waals surface area contributed by atoms with Crippen molar-refractivity contribution in [3.05, 3.63) is 58.9 Å². The molecule has 0 spiro atoms.